The fourth-order valence-electron chi connectivity index (χ4n) is 4.03. The van der Waals surface area contributed by atoms with E-state index in [1.165, 1.54) is 28.6 Å². The van der Waals surface area contributed by atoms with E-state index in [0.717, 1.165) is 37.0 Å². The van der Waals surface area contributed by atoms with Crippen molar-refractivity contribution in [2.75, 3.05) is 53.7 Å². The number of piperazine rings is 1. The van der Waals surface area contributed by atoms with Crippen LogP contribution in [0.2, 0.25) is 0 Å². The summed E-state index contributed by atoms with van der Waals surface area (Å²) in [7, 11) is 0. The Morgan fingerprint density at radius 3 is 2.56 bits per heavy atom. The van der Waals surface area contributed by atoms with Crippen LogP contribution in [0.4, 0.5) is 17.2 Å². The van der Waals surface area contributed by atoms with Gasteiger partial charge in [0, 0.05) is 44.3 Å². The topological polar surface area (TPSA) is 70.6 Å². The number of aromatic nitrogens is 2. The zero-order chi connectivity index (χ0) is 23.9. The predicted molar refractivity (Wildman–Crippen MR) is 139 cm³/mol. The molecule has 1 aliphatic heterocycles. The van der Waals surface area contributed by atoms with Crippen molar-refractivity contribution in [3.63, 3.8) is 0 Å². The Morgan fingerprint density at radius 1 is 1.03 bits per heavy atom. The summed E-state index contributed by atoms with van der Waals surface area (Å²) in [5.41, 5.74) is 4.55. The number of para-hydroxylation sites is 2. The second-order valence-corrected chi connectivity index (χ2v) is 9.18. The smallest absolute Gasteiger partial charge is 0.234 e. The molecule has 1 amide bonds. The summed E-state index contributed by atoms with van der Waals surface area (Å²) in [4.78, 5) is 26.5. The second kappa shape index (κ2) is 11.2. The number of rotatable bonds is 8. The molecule has 0 bridgehead atoms. The van der Waals surface area contributed by atoms with Crippen LogP contribution in [0.25, 0.3) is 0 Å². The van der Waals surface area contributed by atoms with Gasteiger partial charge in [-0.25, -0.2) is 9.97 Å². The van der Waals surface area contributed by atoms with Crippen molar-refractivity contribution < 1.29 is 9.53 Å². The highest BCUT2D eigenvalue weighted by Crippen LogP contribution is 2.29. The van der Waals surface area contributed by atoms with Crippen molar-refractivity contribution in [2.24, 2.45) is 0 Å². The lowest BCUT2D eigenvalue weighted by Crippen LogP contribution is -2.47. The number of carbonyl (C=O) groups is 1. The van der Waals surface area contributed by atoms with E-state index in [1.54, 1.807) is 12.4 Å². The van der Waals surface area contributed by atoms with Crippen molar-refractivity contribution in [1.82, 2.24) is 9.97 Å². The zero-order valence-electron chi connectivity index (χ0n) is 20.0. The number of amides is 1. The standard InChI is InChI=1S/C26H31N5O2S/c1-4-33-23-8-6-5-7-21(23)29-24(32)18-34-26-25(27-11-12-28-26)31-15-13-30(14-16-31)22-17-19(2)9-10-20(22)3/h5-12,17H,4,13-16,18H2,1-3H3,(H,29,32). The maximum Gasteiger partial charge on any atom is 0.234 e. The van der Waals surface area contributed by atoms with E-state index in [-0.39, 0.29) is 11.7 Å². The Morgan fingerprint density at radius 2 is 1.76 bits per heavy atom. The summed E-state index contributed by atoms with van der Waals surface area (Å²) >= 11 is 1.41. The summed E-state index contributed by atoms with van der Waals surface area (Å²) in [6, 6.07) is 14.1. The first kappa shape index (κ1) is 23.9. The van der Waals surface area contributed by atoms with Crippen LogP contribution in [-0.2, 0) is 4.79 Å². The first-order chi connectivity index (χ1) is 16.5. The molecule has 1 aliphatic rings. The third kappa shape index (κ3) is 5.80. The van der Waals surface area contributed by atoms with Crippen molar-refractivity contribution in [1.29, 1.82) is 0 Å². The zero-order valence-corrected chi connectivity index (χ0v) is 20.8. The van der Waals surface area contributed by atoms with Crippen LogP contribution in [-0.4, -0.2) is 54.4 Å². The molecule has 1 N–H and O–H groups in total. The number of nitrogens with one attached hydrogen (secondary N) is 1. The Balaban J connectivity index is 1.37. The number of thioether (sulfide) groups is 1. The Hall–Kier alpha value is -3.26. The van der Waals surface area contributed by atoms with Gasteiger partial charge in [-0.2, -0.15) is 0 Å². The molecule has 0 radical (unpaired) electrons. The normalized spacial score (nSPS) is 13.6. The third-order valence-corrected chi connectivity index (χ3v) is 6.70. The molecule has 2 aromatic carbocycles. The molecular weight excluding hydrogens is 446 g/mol. The first-order valence-corrected chi connectivity index (χ1v) is 12.6. The van der Waals surface area contributed by atoms with Crippen molar-refractivity contribution >= 4 is 34.9 Å². The van der Waals surface area contributed by atoms with Gasteiger partial charge in [-0.05, 0) is 50.1 Å². The molecule has 1 saturated heterocycles. The van der Waals surface area contributed by atoms with Crippen molar-refractivity contribution in [2.45, 2.75) is 25.8 Å². The average molecular weight is 478 g/mol. The highest BCUT2D eigenvalue weighted by atomic mass is 32.2. The van der Waals surface area contributed by atoms with Gasteiger partial charge in [0.05, 0.1) is 18.0 Å². The highest BCUT2D eigenvalue weighted by Gasteiger charge is 2.22. The summed E-state index contributed by atoms with van der Waals surface area (Å²) in [5.74, 6) is 1.66. The molecule has 1 fully saturated rings. The minimum absolute atomic E-state index is 0.103. The number of anilines is 3. The molecule has 4 rings (SSSR count). The van der Waals surface area contributed by atoms with Crippen LogP contribution in [0.5, 0.6) is 5.75 Å². The second-order valence-electron chi connectivity index (χ2n) is 8.22. The van der Waals surface area contributed by atoms with Gasteiger partial charge in [0.1, 0.15) is 10.8 Å². The van der Waals surface area contributed by atoms with E-state index >= 15 is 0 Å². The van der Waals surface area contributed by atoms with E-state index in [2.05, 4.69) is 57.1 Å². The van der Waals surface area contributed by atoms with Gasteiger partial charge in [0.2, 0.25) is 5.91 Å². The lowest BCUT2D eigenvalue weighted by molar-refractivity contribution is -0.113. The van der Waals surface area contributed by atoms with Gasteiger partial charge in [0.25, 0.3) is 0 Å². The molecule has 178 valence electrons. The third-order valence-electron chi connectivity index (χ3n) is 5.73. The molecule has 2 heterocycles. The van der Waals surface area contributed by atoms with Crippen molar-refractivity contribution in [3.8, 4) is 5.75 Å². The molecule has 0 atom stereocenters. The Bertz CT molecular complexity index is 1130. The molecule has 0 saturated carbocycles. The summed E-state index contributed by atoms with van der Waals surface area (Å²) < 4.78 is 5.60. The highest BCUT2D eigenvalue weighted by molar-refractivity contribution is 8.00. The average Bonchev–Trinajstić information content (AvgIpc) is 2.86. The molecule has 8 heteroatoms. The van der Waals surface area contributed by atoms with Crippen LogP contribution in [0.15, 0.2) is 59.9 Å². The van der Waals surface area contributed by atoms with Crippen LogP contribution in [0, 0.1) is 13.8 Å². The maximum atomic E-state index is 12.6. The summed E-state index contributed by atoms with van der Waals surface area (Å²) in [6.45, 7) is 10.3. The number of hydrogen-bond donors (Lipinski definition) is 1. The van der Waals surface area contributed by atoms with Crippen LogP contribution in [0.1, 0.15) is 18.1 Å². The fraction of sp³-hybridized carbons (Fsp3) is 0.346. The van der Waals surface area contributed by atoms with Gasteiger partial charge in [-0.3, -0.25) is 4.79 Å². The van der Waals surface area contributed by atoms with E-state index in [1.807, 2.05) is 31.2 Å². The van der Waals surface area contributed by atoms with Crippen molar-refractivity contribution in [3.05, 3.63) is 66.0 Å². The minimum Gasteiger partial charge on any atom is -0.492 e. The molecule has 0 unspecified atom stereocenters. The molecular formula is C26H31N5O2S. The van der Waals surface area contributed by atoms with Gasteiger partial charge in [-0.15, -0.1) is 0 Å². The Kier molecular flexibility index (Phi) is 7.90. The number of carbonyl (C=O) groups excluding carboxylic acids is 1. The largest absolute Gasteiger partial charge is 0.492 e. The quantitative estimate of drug-likeness (QED) is 0.477. The maximum absolute atomic E-state index is 12.6. The van der Waals surface area contributed by atoms with Crippen LogP contribution in [0.3, 0.4) is 0 Å². The SMILES string of the molecule is CCOc1ccccc1NC(=O)CSc1nccnc1N1CCN(c2cc(C)ccc2C)CC1. The van der Waals surface area contributed by atoms with Gasteiger partial charge < -0.3 is 19.9 Å². The van der Waals surface area contributed by atoms with E-state index in [0.29, 0.717) is 18.0 Å². The number of hydrogen-bond acceptors (Lipinski definition) is 7. The minimum atomic E-state index is -0.103. The molecule has 0 aliphatic carbocycles. The summed E-state index contributed by atoms with van der Waals surface area (Å²) in [6.07, 6.45) is 3.40. The molecule has 7 nitrogen and oxygen atoms in total. The Labute approximate surface area is 205 Å². The van der Waals surface area contributed by atoms with Crippen LogP contribution < -0.4 is 19.9 Å². The van der Waals surface area contributed by atoms with E-state index < -0.39 is 0 Å². The van der Waals surface area contributed by atoms with E-state index in [4.69, 9.17) is 4.74 Å². The van der Waals surface area contributed by atoms with Gasteiger partial charge in [0.15, 0.2) is 5.82 Å². The summed E-state index contributed by atoms with van der Waals surface area (Å²) in [5, 5.41) is 3.72. The van der Waals surface area contributed by atoms with Crippen LogP contribution >= 0.6 is 11.8 Å². The van der Waals surface area contributed by atoms with Gasteiger partial charge >= 0.3 is 0 Å². The number of benzene rings is 2. The lowest BCUT2D eigenvalue weighted by Gasteiger charge is -2.37. The first-order valence-electron chi connectivity index (χ1n) is 11.6. The molecule has 0 spiro atoms. The molecule has 1 aromatic heterocycles. The number of ether oxygens (including phenoxy) is 1. The fourth-order valence-corrected chi connectivity index (χ4v) is 4.81. The predicted octanol–water partition coefficient (Wildman–Crippen LogP) is 4.55. The monoisotopic (exact) mass is 477 g/mol. The molecule has 34 heavy (non-hydrogen) atoms. The van der Waals surface area contributed by atoms with Gasteiger partial charge in [-0.1, -0.05) is 36.0 Å². The van der Waals surface area contributed by atoms with E-state index in [9.17, 15) is 4.79 Å². The molecule has 3 aromatic rings. The number of nitrogens with zero attached hydrogens (tertiary/aromatic N) is 4. The lowest BCUT2D eigenvalue weighted by atomic mass is 10.1. The number of aryl methyl sites for hydroxylation is 2.